The molecule has 0 spiro atoms. The average Bonchev–Trinajstić information content (AvgIpc) is 2.83. The number of thioether (sulfide) groups is 1. The number of benzene rings is 1. The van der Waals surface area contributed by atoms with E-state index in [-0.39, 0.29) is 5.91 Å². The molecule has 0 aliphatic carbocycles. The van der Waals surface area contributed by atoms with E-state index in [1.165, 1.54) is 0 Å². The van der Waals surface area contributed by atoms with Gasteiger partial charge in [0.2, 0.25) is 5.91 Å². The van der Waals surface area contributed by atoms with Crippen molar-refractivity contribution in [2.75, 3.05) is 33.4 Å². The zero-order valence-electron chi connectivity index (χ0n) is 12.8. The molecule has 0 aliphatic heterocycles. The normalized spacial score (nSPS) is 11.0. The Kier molecular flexibility index (Phi) is 5.64. The first-order valence-electron chi connectivity index (χ1n) is 6.99. The number of imidazole rings is 1. The Bertz CT molecular complexity index is 611. The van der Waals surface area contributed by atoms with E-state index in [0.29, 0.717) is 13.1 Å². The molecule has 0 unspecified atom stereocenters. The van der Waals surface area contributed by atoms with Crippen LogP contribution in [0.1, 0.15) is 5.82 Å². The van der Waals surface area contributed by atoms with E-state index in [2.05, 4.69) is 10.3 Å². The Morgan fingerprint density at radius 2 is 2.19 bits per heavy atom. The molecule has 6 heteroatoms. The van der Waals surface area contributed by atoms with Crippen molar-refractivity contribution in [1.82, 2.24) is 19.8 Å². The maximum absolute atomic E-state index is 12.4. The smallest absolute Gasteiger partial charge is 0.242 e. The van der Waals surface area contributed by atoms with Crippen LogP contribution in [-0.4, -0.2) is 53.8 Å². The van der Waals surface area contributed by atoms with Crippen LogP contribution >= 0.6 is 11.8 Å². The lowest BCUT2D eigenvalue weighted by atomic mass is 10.3. The van der Waals surface area contributed by atoms with Crippen LogP contribution in [0.4, 0.5) is 0 Å². The lowest BCUT2D eigenvalue weighted by Gasteiger charge is -2.18. The third kappa shape index (κ3) is 3.77. The predicted molar refractivity (Wildman–Crippen MR) is 88.5 cm³/mol. The molecule has 0 atom stereocenters. The summed E-state index contributed by atoms with van der Waals surface area (Å²) in [5.41, 5.74) is 1.98. The van der Waals surface area contributed by atoms with Gasteiger partial charge in [0.15, 0.2) is 0 Å². The van der Waals surface area contributed by atoms with Crippen LogP contribution < -0.4 is 5.32 Å². The monoisotopic (exact) mass is 306 g/mol. The number of para-hydroxylation sites is 2. The van der Waals surface area contributed by atoms with Gasteiger partial charge < -0.3 is 14.8 Å². The summed E-state index contributed by atoms with van der Waals surface area (Å²) < 4.78 is 2.03. The number of hydrogen-bond acceptors (Lipinski definition) is 4. The van der Waals surface area contributed by atoms with Crippen LogP contribution in [0.2, 0.25) is 0 Å². The van der Waals surface area contributed by atoms with Gasteiger partial charge >= 0.3 is 0 Å². The topological polar surface area (TPSA) is 50.2 Å². The molecule has 21 heavy (non-hydrogen) atoms. The van der Waals surface area contributed by atoms with E-state index in [1.807, 2.05) is 49.2 Å². The van der Waals surface area contributed by atoms with E-state index >= 15 is 0 Å². The third-order valence-electron chi connectivity index (χ3n) is 3.42. The van der Waals surface area contributed by atoms with E-state index < -0.39 is 0 Å². The van der Waals surface area contributed by atoms with Crippen LogP contribution in [0, 0.1) is 0 Å². The van der Waals surface area contributed by atoms with Gasteiger partial charge in [-0.25, -0.2) is 4.98 Å². The second-order valence-corrected chi connectivity index (χ2v) is 5.82. The molecule has 1 N–H and O–H groups in total. The molecule has 1 aromatic heterocycles. The summed E-state index contributed by atoms with van der Waals surface area (Å²) >= 11 is 1.72. The third-order valence-corrected chi connectivity index (χ3v) is 3.97. The van der Waals surface area contributed by atoms with Crippen molar-refractivity contribution in [3.05, 3.63) is 30.1 Å². The molecule has 0 saturated carbocycles. The zero-order chi connectivity index (χ0) is 15.2. The highest BCUT2D eigenvalue weighted by atomic mass is 32.2. The highest BCUT2D eigenvalue weighted by Crippen LogP contribution is 2.19. The molecule has 1 heterocycles. The van der Waals surface area contributed by atoms with Crippen molar-refractivity contribution >= 4 is 28.7 Å². The van der Waals surface area contributed by atoms with Crippen molar-refractivity contribution < 1.29 is 4.79 Å². The molecular formula is C15H22N4OS. The van der Waals surface area contributed by atoms with Crippen LogP contribution in [-0.2, 0) is 17.1 Å². The average molecular weight is 306 g/mol. The summed E-state index contributed by atoms with van der Waals surface area (Å²) in [5, 5.41) is 3.06. The summed E-state index contributed by atoms with van der Waals surface area (Å²) in [5.74, 6) is 1.87. The van der Waals surface area contributed by atoms with Crippen molar-refractivity contribution in [3.8, 4) is 0 Å². The number of nitrogens with zero attached hydrogens (tertiary/aromatic N) is 3. The Labute approximate surface area is 129 Å². The number of fused-ring (bicyclic) bond motifs is 1. The van der Waals surface area contributed by atoms with Gasteiger partial charge in [-0.3, -0.25) is 4.79 Å². The highest BCUT2D eigenvalue weighted by molar-refractivity contribution is 7.97. The van der Waals surface area contributed by atoms with Gasteiger partial charge in [0.1, 0.15) is 12.4 Å². The number of rotatable bonds is 7. The summed E-state index contributed by atoms with van der Waals surface area (Å²) in [6.45, 7) is 1.85. The number of carbonyl (C=O) groups excluding carboxylic acids is 1. The van der Waals surface area contributed by atoms with Gasteiger partial charge in [0.25, 0.3) is 0 Å². The van der Waals surface area contributed by atoms with Gasteiger partial charge in [0.05, 0.1) is 16.8 Å². The first-order valence-corrected chi connectivity index (χ1v) is 8.38. The molecule has 0 bridgehead atoms. The standard InChI is InChI=1S/C15H22N4OS/c1-16-8-9-18(2)15(20)10-19-13-7-5-4-6-12(13)17-14(19)11-21-3/h4-7,16H,8-11H2,1-3H3. The Morgan fingerprint density at radius 1 is 1.43 bits per heavy atom. The van der Waals surface area contributed by atoms with E-state index in [0.717, 1.165) is 29.2 Å². The molecule has 114 valence electrons. The maximum atomic E-state index is 12.4. The van der Waals surface area contributed by atoms with E-state index in [4.69, 9.17) is 0 Å². The van der Waals surface area contributed by atoms with Crippen molar-refractivity contribution in [1.29, 1.82) is 0 Å². The van der Waals surface area contributed by atoms with Gasteiger partial charge in [-0.1, -0.05) is 12.1 Å². The van der Waals surface area contributed by atoms with Gasteiger partial charge in [0, 0.05) is 20.1 Å². The second kappa shape index (κ2) is 7.47. The van der Waals surface area contributed by atoms with Crippen molar-refractivity contribution in [2.45, 2.75) is 12.3 Å². The van der Waals surface area contributed by atoms with Crippen LogP contribution in [0.5, 0.6) is 0 Å². The largest absolute Gasteiger partial charge is 0.343 e. The number of nitrogens with one attached hydrogen (secondary N) is 1. The Morgan fingerprint density at radius 3 is 2.90 bits per heavy atom. The number of carbonyl (C=O) groups is 1. The summed E-state index contributed by atoms with van der Waals surface area (Å²) in [7, 11) is 3.73. The first-order chi connectivity index (χ1) is 10.2. The molecular weight excluding hydrogens is 284 g/mol. The number of amides is 1. The lowest BCUT2D eigenvalue weighted by molar-refractivity contribution is -0.130. The van der Waals surface area contributed by atoms with E-state index in [9.17, 15) is 4.79 Å². The molecule has 0 saturated heterocycles. The van der Waals surface area contributed by atoms with Crippen LogP contribution in [0.25, 0.3) is 11.0 Å². The van der Waals surface area contributed by atoms with Crippen LogP contribution in [0.3, 0.4) is 0 Å². The Hall–Kier alpha value is -1.53. The summed E-state index contributed by atoms with van der Waals surface area (Å²) in [6.07, 6.45) is 2.05. The quantitative estimate of drug-likeness (QED) is 0.844. The minimum absolute atomic E-state index is 0.107. The minimum atomic E-state index is 0.107. The number of likely N-dealkylation sites (N-methyl/N-ethyl adjacent to an activating group) is 2. The van der Waals surface area contributed by atoms with Crippen molar-refractivity contribution in [3.63, 3.8) is 0 Å². The number of aromatic nitrogens is 2. The van der Waals surface area contributed by atoms with Gasteiger partial charge in [-0.05, 0) is 25.4 Å². The fourth-order valence-electron chi connectivity index (χ4n) is 2.20. The molecule has 5 nitrogen and oxygen atoms in total. The Balaban J connectivity index is 2.23. The lowest BCUT2D eigenvalue weighted by Crippen LogP contribution is -2.35. The predicted octanol–water partition coefficient (Wildman–Crippen LogP) is 1.58. The molecule has 0 fully saturated rings. The van der Waals surface area contributed by atoms with Gasteiger partial charge in [-0.2, -0.15) is 11.8 Å². The minimum Gasteiger partial charge on any atom is -0.343 e. The van der Waals surface area contributed by atoms with Crippen molar-refractivity contribution in [2.24, 2.45) is 0 Å². The first kappa shape index (κ1) is 15.9. The summed E-state index contributed by atoms with van der Waals surface area (Å²) in [6, 6.07) is 7.97. The molecule has 2 rings (SSSR count). The fraction of sp³-hybridized carbons (Fsp3) is 0.467. The molecule has 0 aliphatic rings. The number of hydrogen-bond donors (Lipinski definition) is 1. The second-order valence-electron chi connectivity index (χ2n) is 4.95. The summed E-state index contributed by atoms with van der Waals surface area (Å²) in [4.78, 5) is 18.8. The molecule has 2 aromatic rings. The molecule has 1 aromatic carbocycles. The van der Waals surface area contributed by atoms with Gasteiger partial charge in [-0.15, -0.1) is 0 Å². The zero-order valence-corrected chi connectivity index (χ0v) is 13.6. The molecule has 1 amide bonds. The van der Waals surface area contributed by atoms with E-state index in [1.54, 1.807) is 16.7 Å². The highest BCUT2D eigenvalue weighted by Gasteiger charge is 2.15. The SMILES string of the molecule is CNCCN(C)C(=O)Cn1c(CSC)nc2ccccc21. The van der Waals surface area contributed by atoms with Crippen LogP contribution in [0.15, 0.2) is 24.3 Å². The molecule has 0 radical (unpaired) electrons. The maximum Gasteiger partial charge on any atom is 0.242 e. The fourth-order valence-corrected chi connectivity index (χ4v) is 2.68.